The Morgan fingerprint density at radius 3 is 2.73 bits per heavy atom. The van der Waals surface area contributed by atoms with Gasteiger partial charge in [-0.2, -0.15) is 0 Å². The van der Waals surface area contributed by atoms with Crippen molar-refractivity contribution in [1.82, 2.24) is 10.2 Å². The number of nitrogens with zero attached hydrogens (tertiary/aromatic N) is 1. The van der Waals surface area contributed by atoms with Crippen LogP contribution in [-0.2, 0) is 11.3 Å². The molecule has 2 rings (SSSR count). The van der Waals surface area contributed by atoms with Gasteiger partial charge in [0, 0.05) is 32.1 Å². The number of hydrogen-bond donors (Lipinski definition) is 2. The van der Waals surface area contributed by atoms with Gasteiger partial charge in [-0.15, -0.1) is 0 Å². The number of amides is 1. The van der Waals surface area contributed by atoms with Gasteiger partial charge >= 0.3 is 0 Å². The zero-order valence-corrected chi connectivity index (χ0v) is 13.2. The summed E-state index contributed by atoms with van der Waals surface area (Å²) in [6.45, 7) is 2.13. The second-order valence-corrected chi connectivity index (χ2v) is 6.27. The highest BCUT2D eigenvalue weighted by Crippen LogP contribution is 2.26. The molecule has 1 saturated carbocycles. The van der Waals surface area contributed by atoms with Crippen molar-refractivity contribution in [1.29, 1.82) is 0 Å². The summed E-state index contributed by atoms with van der Waals surface area (Å²) in [5.74, 6) is 0.221. The quantitative estimate of drug-likeness (QED) is 0.809. The van der Waals surface area contributed by atoms with E-state index < -0.39 is 0 Å². The number of benzene rings is 1. The van der Waals surface area contributed by atoms with Crippen LogP contribution >= 0.6 is 0 Å². The molecule has 0 saturated heterocycles. The lowest BCUT2D eigenvalue weighted by atomic mass is 10.00. The molecular formula is C17H26FN3O. The first-order valence-electron chi connectivity index (χ1n) is 8.00. The summed E-state index contributed by atoms with van der Waals surface area (Å²) in [6, 6.07) is 6.69. The lowest BCUT2D eigenvalue weighted by molar-refractivity contribution is -0.122. The number of nitrogens with one attached hydrogen (secondary N) is 1. The minimum absolute atomic E-state index is 0.0949. The summed E-state index contributed by atoms with van der Waals surface area (Å²) >= 11 is 0. The smallest absolute Gasteiger partial charge is 0.220 e. The standard InChI is InChI=1S/C17H26FN3O/c1-21(12-13-5-7-15(18)8-6-13)10-9-20-17(22)11-14-3-2-4-16(14)19/h5-8,14,16H,2-4,9-12,19H2,1H3,(H,20,22)/t14-,16+/m0/s1. The number of likely N-dealkylation sites (N-methyl/N-ethyl adjacent to an activating group) is 1. The average molecular weight is 307 g/mol. The molecule has 0 aliphatic heterocycles. The predicted molar refractivity (Wildman–Crippen MR) is 85.7 cm³/mol. The number of nitrogens with two attached hydrogens (primary N) is 1. The van der Waals surface area contributed by atoms with E-state index in [2.05, 4.69) is 10.2 Å². The van der Waals surface area contributed by atoms with Crippen molar-refractivity contribution in [2.75, 3.05) is 20.1 Å². The molecule has 22 heavy (non-hydrogen) atoms. The van der Waals surface area contributed by atoms with Crippen molar-refractivity contribution < 1.29 is 9.18 Å². The van der Waals surface area contributed by atoms with Crippen molar-refractivity contribution in [2.45, 2.75) is 38.3 Å². The van der Waals surface area contributed by atoms with E-state index in [9.17, 15) is 9.18 Å². The van der Waals surface area contributed by atoms with Gasteiger partial charge in [0.05, 0.1) is 0 Å². The monoisotopic (exact) mass is 307 g/mol. The van der Waals surface area contributed by atoms with Gasteiger partial charge in [0.15, 0.2) is 0 Å². The second-order valence-electron chi connectivity index (χ2n) is 6.27. The lowest BCUT2D eigenvalue weighted by Crippen LogP contribution is -2.35. The van der Waals surface area contributed by atoms with E-state index in [1.807, 2.05) is 7.05 Å². The Bertz CT molecular complexity index is 477. The number of hydrogen-bond acceptors (Lipinski definition) is 3. The summed E-state index contributed by atoms with van der Waals surface area (Å²) in [5.41, 5.74) is 7.05. The van der Waals surface area contributed by atoms with E-state index in [0.717, 1.165) is 37.9 Å². The van der Waals surface area contributed by atoms with Gasteiger partial charge in [-0.3, -0.25) is 4.79 Å². The third-order valence-corrected chi connectivity index (χ3v) is 4.35. The van der Waals surface area contributed by atoms with E-state index in [1.54, 1.807) is 12.1 Å². The predicted octanol–water partition coefficient (Wildman–Crippen LogP) is 1.89. The molecule has 4 nitrogen and oxygen atoms in total. The summed E-state index contributed by atoms with van der Waals surface area (Å²) in [6.07, 6.45) is 3.79. The SMILES string of the molecule is CN(CCNC(=O)C[C@@H]1CCC[C@H]1N)Cc1ccc(F)cc1. The molecule has 1 aromatic carbocycles. The third kappa shape index (κ3) is 5.39. The Morgan fingerprint density at radius 1 is 1.36 bits per heavy atom. The van der Waals surface area contributed by atoms with Crippen LogP contribution in [0, 0.1) is 11.7 Å². The Labute approximate surface area is 131 Å². The number of carbonyl (C=O) groups is 1. The van der Waals surface area contributed by atoms with Crippen molar-refractivity contribution >= 4 is 5.91 Å². The zero-order valence-electron chi connectivity index (χ0n) is 13.2. The van der Waals surface area contributed by atoms with E-state index in [0.29, 0.717) is 18.9 Å². The molecule has 0 heterocycles. The molecule has 1 amide bonds. The molecule has 0 bridgehead atoms. The topological polar surface area (TPSA) is 58.4 Å². The average Bonchev–Trinajstić information content (AvgIpc) is 2.87. The fourth-order valence-electron chi connectivity index (χ4n) is 3.00. The molecule has 3 N–H and O–H groups in total. The summed E-state index contributed by atoms with van der Waals surface area (Å²) in [7, 11) is 1.99. The zero-order chi connectivity index (χ0) is 15.9. The fourth-order valence-corrected chi connectivity index (χ4v) is 3.00. The maximum Gasteiger partial charge on any atom is 0.220 e. The molecule has 1 aliphatic rings. The van der Waals surface area contributed by atoms with Crippen LogP contribution < -0.4 is 11.1 Å². The molecule has 1 aromatic rings. The Kier molecular flexibility index (Phi) is 6.34. The highest BCUT2D eigenvalue weighted by atomic mass is 19.1. The Hall–Kier alpha value is -1.46. The van der Waals surface area contributed by atoms with E-state index in [-0.39, 0.29) is 17.8 Å². The molecule has 0 radical (unpaired) electrons. The molecule has 0 unspecified atom stereocenters. The van der Waals surface area contributed by atoms with Crippen LogP contribution in [0.15, 0.2) is 24.3 Å². The lowest BCUT2D eigenvalue weighted by Gasteiger charge is -2.18. The first kappa shape index (κ1) is 16.9. The van der Waals surface area contributed by atoms with Crippen molar-refractivity contribution in [3.8, 4) is 0 Å². The van der Waals surface area contributed by atoms with Crippen LogP contribution in [0.2, 0.25) is 0 Å². The highest BCUT2D eigenvalue weighted by Gasteiger charge is 2.25. The largest absolute Gasteiger partial charge is 0.355 e. The summed E-state index contributed by atoms with van der Waals surface area (Å²) in [4.78, 5) is 14.0. The van der Waals surface area contributed by atoms with Crippen molar-refractivity contribution in [2.24, 2.45) is 11.7 Å². The van der Waals surface area contributed by atoms with Gasteiger partial charge in [0.1, 0.15) is 5.82 Å². The molecule has 122 valence electrons. The maximum atomic E-state index is 12.8. The number of halogens is 1. The molecule has 0 aromatic heterocycles. The molecule has 0 spiro atoms. The summed E-state index contributed by atoms with van der Waals surface area (Å²) in [5, 5.41) is 2.96. The molecule has 1 aliphatic carbocycles. The second kappa shape index (κ2) is 8.25. The highest BCUT2D eigenvalue weighted by molar-refractivity contribution is 5.76. The van der Waals surface area contributed by atoms with Gasteiger partial charge in [-0.25, -0.2) is 4.39 Å². The molecular weight excluding hydrogens is 281 g/mol. The van der Waals surface area contributed by atoms with Gasteiger partial charge in [0.2, 0.25) is 5.91 Å². The van der Waals surface area contributed by atoms with Crippen molar-refractivity contribution in [3.05, 3.63) is 35.6 Å². The van der Waals surface area contributed by atoms with Crippen LogP contribution in [0.3, 0.4) is 0 Å². The minimum atomic E-state index is -0.219. The van der Waals surface area contributed by atoms with Crippen LogP contribution in [0.25, 0.3) is 0 Å². The molecule has 5 heteroatoms. The first-order valence-corrected chi connectivity index (χ1v) is 8.00. The van der Waals surface area contributed by atoms with Gasteiger partial charge < -0.3 is 16.0 Å². The minimum Gasteiger partial charge on any atom is -0.355 e. The van der Waals surface area contributed by atoms with Gasteiger partial charge in [-0.05, 0) is 43.5 Å². The Morgan fingerprint density at radius 2 is 2.09 bits per heavy atom. The van der Waals surface area contributed by atoms with Crippen molar-refractivity contribution in [3.63, 3.8) is 0 Å². The normalized spacial score (nSPS) is 21.3. The number of carbonyl (C=O) groups excluding carboxylic acids is 1. The number of rotatable bonds is 7. The van der Waals surface area contributed by atoms with Crippen LogP contribution in [0.4, 0.5) is 4.39 Å². The van der Waals surface area contributed by atoms with E-state index in [4.69, 9.17) is 5.73 Å². The molecule has 1 fully saturated rings. The van der Waals surface area contributed by atoms with Crippen LogP contribution in [0.1, 0.15) is 31.2 Å². The summed E-state index contributed by atoms with van der Waals surface area (Å²) < 4.78 is 12.8. The van der Waals surface area contributed by atoms with Crippen LogP contribution in [0.5, 0.6) is 0 Å². The maximum absolute atomic E-state index is 12.8. The van der Waals surface area contributed by atoms with E-state index >= 15 is 0 Å². The first-order chi connectivity index (χ1) is 10.5. The Balaban J connectivity index is 1.63. The third-order valence-electron chi connectivity index (χ3n) is 4.35. The fraction of sp³-hybridized carbons (Fsp3) is 0.588. The molecule has 2 atom stereocenters. The van der Waals surface area contributed by atoms with Gasteiger partial charge in [0.25, 0.3) is 0 Å². The van der Waals surface area contributed by atoms with Crippen LogP contribution in [-0.4, -0.2) is 37.0 Å². The van der Waals surface area contributed by atoms with E-state index in [1.165, 1.54) is 12.1 Å². The van der Waals surface area contributed by atoms with Gasteiger partial charge in [-0.1, -0.05) is 18.6 Å².